The fourth-order valence-corrected chi connectivity index (χ4v) is 1.89. The second-order valence-electron chi connectivity index (χ2n) is 4.20. The van der Waals surface area contributed by atoms with Crippen LogP contribution in [0.5, 0.6) is 5.75 Å². The molecule has 0 fully saturated rings. The van der Waals surface area contributed by atoms with Crippen molar-refractivity contribution < 1.29 is 14.6 Å². The van der Waals surface area contributed by atoms with Gasteiger partial charge in [-0.1, -0.05) is 12.1 Å². The first kappa shape index (κ1) is 12.2. The Morgan fingerprint density at radius 3 is 2.90 bits per heavy atom. The van der Waals surface area contributed by atoms with Crippen molar-refractivity contribution in [2.75, 3.05) is 7.11 Å². The highest BCUT2D eigenvalue weighted by molar-refractivity contribution is 5.90. The molecule has 6 heteroatoms. The number of phenols is 1. The highest BCUT2D eigenvalue weighted by Crippen LogP contribution is 2.21. The van der Waals surface area contributed by atoms with Gasteiger partial charge >= 0.3 is 5.97 Å². The van der Waals surface area contributed by atoms with Crippen LogP contribution in [-0.4, -0.2) is 32.8 Å². The van der Waals surface area contributed by atoms with Gasteiger partial charge in [0.2, 0.25) is 0 Å². The fourth-order valence-electron chi connectivity index (χ4n) is 1.89. The minimum absolute atomic E-state index is 0.150. The molecule has 0 spiro atoms. The van der Waals surface area contributed by atoms with E-state index in [0.29, 0.717) is 22.6 Å². The molecule has 0 radical (unpaired) electrons. The van der Waals surface area contributed by atoms with E-state index in [4.69, 9.17) is 0 Å². The van der Waals surface area contributed by atoms with Crippen LogP contribution >= 0.6 is 0 Å². The van der Waals surface area contributed by atoms with Gasteiger partial charge in [-0.2, -0.15) is 0 Å². The van der Waals surface area contributed by atoms with Crippen LogP contribution in [0.2, 0.25) is 0 Å². The Morgan fingerprint density at radius 2 is 2.15 bits per heavy atom. The zero-order valence-electron chi connectivity index (χ0n) is 10.6. The third-order valence-electron chi connectivity index (χ3n) is 2.86. The zero-order valence-corrected chi connectivity index (χ0v) is 10.6. The number of hydrogen-bond donors (Lipinski definition) is 1. The third-order valence-corrected chi connectivity index (χ3v) is 2.86. The number of phenolic OH excluding ortho intramolecular Hbond substituents is 1. The average Bonchev–Trinajstić information content (AvgIpc) is 2.89. The lowest BCUT2D eigenvalue weighted by Crippen LogP contribution is -2.02. The van der Waals surface area contributed by atoms with E-state index in [2.05, 4.69) is 14.8 Å². The molecular formula is C14H11N3O3. The molecule has 2 heterocycles. The smallest absolute Gasteiger partial charge is 0.338 e. The van der Waals surface area contributed by atoms with Gasteiger partial charge < -0.3 is 9.84 Å². The van der Waals surface area contributed by atoms with Crippen molar-refractivity contribution in [2.45, 2.75) is 0 Å². The quantitative estimate of drug-likeness (QED) is 0.719. The van der Waals surface area contributed by atoms with E-state index < -0.39 is 5.97 Å². The first-order valence-electron chi connectivity index (χ1n) is 5.91. The molecule has 0 unspecified atom stereocenters. The van der Waals surface area contributed by atoms with Crippen molar-refractivity contribution in [1.82, 2.24) is 14.6 Å². The second kappa shape index (κ2) is 4.65. The van der Waals surface area contributed by atoms with Crippen LogP contribution < -0.4 is 0 Å². The molecule has 20 heavy (non-hydrogen) atoms. The molecule has 0 amide bonds. The number of methoxy groups -OCH3 is 1. The average molecular weight is 269 g/mol. The molecule has 100 valence electrons. The lowest BCUT2D eigenvalue weighted by atomic mass is 10.2. The number of carbonyl (C=O) groups excluding carboxylic acids is 1. The van der Waals surface area contributed by atoms with Crippen molar-refractivity contribution in [3.63, 3.8) is 0 Å². The molecule has 0 saturated heterocycles. The highest BCUT2D eigenvalue weighted by Gasteiger charge is 2.10. The molecule has 0 atom stereocenters. The van der Waals surface area contributed by atoms with Crippen LogP contribution in [-0.2, 0) is 4.74 Å². The van der Waals surface area contributed by atoms with Gasteiger partial charge in [-0.15, -0.1) is 5.10 Å². The SMILES string of the molecule is COC(=O)c1ccn2nc(-c3cccc(O)c3)nc2c1. The molecule has 1 N–H and O–H groups in total. The Morgan fingerprint density at radius 1 is 1.30 bits per heavy atom. The number of hydrogen-bond acceptors (Lipinski definition) is 5. The predicted octanol–water partition coefficient (Wildman–Crippen LogP) is 1.89. The number of fused-ring (bicyclic) bond motifs is 1. The van der Waals surface area contributed by atoms with E-state index in [-0.39, 0.29) is 5.75 Å². The lowest BCUT2D eigenvalue weighted by molar-refractivity contribution is 0.0600. The number of rotatable bonds is 2. The maximum absolute atomic E-state index is 11.5. The summed E-state index contributed by atoms with van der Waals surface area (Å²) in [4.78, 5) is 15.8. The molecule has 0 saturated carbocycles. The molecule has 6 nitrogen and oxygen atoms in total. The number of aromatic hydroxyl groups is 1. The number of benzene rings is 1. The van der Waals surface area contributed by atoms with Crippen LogP contribution in [0, 0.1) is 0 Å². The number of pyridine rings is 1. The van der Waals surface area contributed by atoms with E-state index in [0.717, 1.165) is 0 Å². The van der Waals surface area contributed by atoms with Crippen LogP contribution in [0.3, 0.4) is 0 Å². The van der Waals surface area contributed by atoms with E-state index >= 15 is 0 Å². The number of ether oxygens (including phenoxy) is 1. The zero-order chi connectivity index (χ0) is 14.1. The Bertz CT molecular complexity index is 795. The van der Waals surface area contributed by atoms with Gasteiger partial charge in [0.05, 0.1) is 12.7 Å². The van der Waals surface area contributed by atoms with E-state index in [1.807, 2.05) is 0 Å². The Balaban J connectivity index is 2.09. The monoisotopic (exact) mass is 269 g/mol. The predicted molar refractivity (Wildman–Crippen MR) is 71.4 cm³/mol. The molecular weight excluding hydrogens is 258 g/mol. The Kier molecular flexibility index (Phi) is 2.83. The van der Waals surface area contributed by atoms with E-state index in [1.165, 1.54) is 7.11 Å². The van der Waals surface area contributed by atoms with Gasteiger partial charge in [-0.05, 0) is 24.3 Å². The van der Waals surface area contributed by atoms with Crippen LogP contribution in [0.4, 0.5) is 0 Å². The summed E-state index contributed by atoms with van der Waals surface area (Å²) in [7, 11) is 1.33. The van der Waals surface area contributed by atoms with Gasteiger partial charge in [0.15, 0.2) is 11.5 Å². The lowest BCUT2D eigenvalue weighted by Gasteiger charge is -1.97. The largest absolute Gasteiger partial charge is 0.508 e. The molecule has 3 rings (SSSR count). The molecule has 0 aliphatic carbocycles. The topological polar surface area (TPSA) is 76.7 Å². The Hall–Kier alpha value is -2.89. The van der Waals surface area contributed by atoms with Crippen LogP contribution in [0.15, 0.2) is 42.6 Å². The van der Waals surface area contributed by atoms with E-state index in [1.54, 1.807) is 47.1 Å². The molecule has 0 bridgehead atoms. The number of nitrogens with zero attached hydrogens (tertiary/aromatic N) is 3. The van der Waals surface area contributed by atoms with E-state index in [9.17, 15) is 9.90 Å². The maximum atomic E-state index is 11.5. The normalized spacial score (nSPS) is 10.7. The summed E-state index contributed by atoms with van der Waals surface area (Å²) in [5.41, 5.74) is 1.65. The summed E-state index contributed by atoms with van der Waals surface area (Å²) in [6.07, 6.45) is 1.64. The minimum atomic E-state index is -0.422. The highest BCUT2D eigenvalue weighted by atomic mass is 16.5. The number of carbonyl (C=O) groups is 1. The third kappa shape index (κ3) is 2.07. The Labute approximate surface area is 114 Å². The van der Waals surface area contributed by atoms with Crippen LogP contribution in [0.1, 0.15) is 10.4 Å². The first-order chi connectivity index (χ1) is 9.67. The van der Waals surface area contributed by atoms with Crippen molar-refractivity contribution in [3.8, 4) is 17.1 Å². The van der Waals surface area contributed by atoms with Gasteiger partial charge in [0.1, 0.15) is 5.75 Å². The maximum Gasteiger partial charge on any atom is 0.338 e. The molecule has 2 aromatic heterocycles. The fraction of sp³-hybridized carbons (Fsp3) is 0.0714. The first-order valence-corrected chi connectivity index (χ1v) is 5.91. The van der Waals surface area contributed by atoms with Gasteiger partial charge in [-0.3, -0.25) is 0 Å². The number of esters is 1. The molecule has 3 aromatic rings. The second-order valence-corrected chi connectivity index (χ2v) is 4.20. The van der Waals surface area contributed by atoms with Crippen molar-refractivity contribution in [2.24, 2.45) is 0 Å². The van der Waals surface area contributed by atoms with Gasteiger partial charge in [0, 0.05) is 11.8 Å². The van der Waals surface area contributed by atoms with Crippen molar-refractivity contribution in [1.29, 1.82) is 0 Å². The molecule has 0 aliphatic heterocycles. The van der Waals surface area contributed by atoms with Crippen molar-refractivity contribution >= 4 is 11.6 Å². The standard InChI is InChI=1S/C14H11N3O3/c1-20-14(19)10-5-6-17-12(8-10)15-13(16-17)9-3-2-4-11(18)7-9/h2-8,18H,1H3. The van der Waals surface area contributed by atoms with Gasteiger partial charge in [-0.25, -0.2) is 14.3 Å². The number of aromatic nitrogens is 3. The molecule has 1 aromatic carbocycles. The minimum Gasteiger partial charge on any atom is -0.508 e. The van der Waals surface area contributed by atoms with Gasteiger partial charge in [0.25, 0.3) is 0 Å². The summed E-state index contributed by atoms with van der Waals surface area (Å²) in [5.74, 6) is 0.203. The van der Waals surface area contributed by atoms with Crippen molar-refractivity contribution in [3.05, 3.63) is 48.2 Å². The van der Waals surface area contributed by atoms with Crippen LogP contribution in [0.25, 0.3) is 17.0 Å². The summed E-state index contributed by atoms with van der Waals surface area (Å²) < 4.78 is 6.22. The summed E-state index contributed by atoms with van der Waals surface area (Å²) in [6.45, 7) is 0. The summed E-state index contributed by atoms with van der Waals surface area (Å²) in [5, 5.41) is 13.8. The summed E-state index contributed by atoms with van der Waals surface area (Å²) >= 11 is 0. The summed E-state index contributed by atoms with van der Waals surface area (Å²) in [6, 6.07) is 9.89. The molecule has 0 aliphatic rings.